The SMILES string of the molecule is S=c1[nH]c2cccnc2n1-c1ccc2ncsc2c1. The second kappa shape index (κ2) is 3.97. The number of rotatable bonds is 1. The molecule has 0 bridgehead atoms. The third-order valence-corrected chi connectivity index (χ3v) is 4.09. The molecule has 0 aliphatic heterocycles. The van der Waals surface area contributed by atoms with Gasteiger partial charge in [0, 0.05) is 6.20 Å². The molecular formula is C13H8N4S2. The maximum absolute atomic E-state index is 5.39. The van der Waals surface area contributed by atoms with Crippen molar-refractivity contribution in [2.24, 2.45) is 0 Å². The van der Waals surface area contributed by atoms with Crippen molar-refractivity contribution in [3.05, 3.63) is 46.8 Å². The molecule has 0 atom stereocenters. The molecule has 1 aromatic carbocycles. The maximum Gasteiger partial charge on any atom is 0.183 e. The van der Waals surface area contributed by atoms with Gasteiger partial charge in [0.2, 0.25) is 0 Å². The van der Waals surface area contributed by atoms with Crippen LogP contribution in [-0.4, -0.2) is 19.5 Å². The Labute approximate surface area is 117 Å². The van der Waals surface area contributed by atoms with Crippen LogP contribution in [0, 0.1) is 4.77 Å². The van der Waals surface area contributed by atoms with Crippen LogP contribution in [0.25, 0.3) is 27.1 Å². The van der Waals surface area contributed by atoms with E-state index in [4.69, 9.17) is 12.2 Å². The summed E-state index contributed by atoms with van der Waals surface area (Å²) in [7, 11) is 0. The van der Waals surface area contributed by atoms with E-state index in [-0.39, 0.29) is 0 Å². The van der Waals surface area contributed by atoms with E-state index >= 15 is 0 Å². The fourth-order valence-corrected chi connectivity index (χ4v) is 3.17. The van der Waals surface area contributed by atoms with E-state index in [2.05, 4.69) is 21.0 Å². The Hall–Kier alpha value is -2.05. The first kappa shape index (κ1) is 10.8. The topological polar surface area (TPSA) is 46.5 Å². The highest BCUT2D eigenvalue weighted by molar-refractivity contribution is 7.71. The molecule has 0 aliphatic carbocycles. The highest BCUT2D eigenvalue weighted by atomic mass is 32.1. The van der Waals surface area contributed by atoms with Gasteiger partial charge in [0.25, 0.3) is 0 Å². The Bertz CT molecular complexity index is 948. The van der Waals surface area contributed by atoms with Gasteiger partial charge in [-0.2, -0.15) is 0 Å². The number of imidazole rings is 1. The second-order valence-corrected chi connectivity index (χ2v) is 5.42. The Morgan fingerprint density at radius 3 is 3.11 bits per heavy atom. The van der Waals surface area contributed by atoms with Gasteiger partial charge in [0.05, 0.1) is 26.9 Å². The Morgan fingerprint density at radius 2 is 2.16 bits per heavy atom. The number of nitrogens with zero attached hydrogens (tertiary/aromatic N) is 3. The smallest absolute Gasteiger partial charge is 0.183 e. The molecule has 0 aliphatic rings. The first-order valence-electron chi connectivity index (χ1n) is 5.72. The van der Waals surface area contributed by atoms with Crippen molar-refractivity contribution >= 4 is 44.9 Å². The van der Waals surface area contributed by atoms with Crippen LogP contribution in [-0.2, 0) is 0 Å². The number of fused-ring (bicyclic) bond motifs is 2. The molecule has 4 nitrogen and oxygen atoms in total. The summed E-state index contributed by atoms with van der Waals surface area (Å²) < 4.78 is 3.74. The molecule has 0 unspecified atom stereocenters. The van der Waals surface area contributed by atoms with Gasteiger partial charge in [-0.1, -0.05) is 0 Å². The summed E-state index contributed by atoms with van der Waals surface area (Å²) in [4.78, 5) is 11.9. The fraction of sp³-hybridized carbons (Fsp3) is 0. The van der Waals surface area contributed by atoms with Gasteiger partial charge in [0.15, 0.2) is 10.4 Å². The summed E-state index contributed by atoms with van der Waals surface area (Å²) in [5.74, 6) is 0. The van der Waals surface area contributed by atoms with Crippen molar-refractivity contribution in [1.29, 1.82) is 0 Å². The van der Waals surface area contributed by atoms with Crippen LogP contribution >= 0.6 is 23.6 Å². The number of hydrogen-bond acceptors (Lipinski definition) is 4. The number of aromatic nitrogens is 4. The first-order valence-corrected chi connectivity index (χ1v) is 7.01. The number of pyridine rings is 1. The molecule has 6 heteroatoms. The molecular weight excluding hydrogens is 276 g/mol. The monoisotopic (exact) mass is 284 g/mol. The highest BCUT2D eigenvalue weighted by Crippen LogP contribution is 2.23. The summed E-state index contributed by atoms with van der Waals surface area (Å²) in [6.07, 6.45) is 1.77. The number of H-pyrrole nitrogens is 1. The average Bonchev–Trinajstić information content (AvgIpc) is 3.00. The van der Waals surface area contributed by atoms with Crippen LogP contribution in [0.4, 0.5) is 0 Å². The van der Waals surface area contributed by atoms with E-state index in [1.165, 1.54) is 0 Å². The number of nitrogens with one attached hydrogen (secondary N) is 1. The average molecular weight is 284 g/mol. The molecule has 0 spiro atoms. The second-order valence-electron chi connectivity index (χ2n) is 4.14. The number of benzene rings is 1. The highest BCUT2D eigenvalue weighted by Gasteiger charge is 2.08. The van der Waals surface area contributed by atoms with Crippen molar-refractivity contribution in [3.8, 4) is 5.69 Å². The molecule has 0 radical (unpaired) electrons. The van der Waals surface area contributed by atoms with E-state index < -0.39 is 0 Å². The van der Waals surface area contributed by atoms with Crippen molar-refractivity contribution in [1.82, 2.24) is 19.5 Å². The van der Waals surface area contributed by atoms with E-state index in [0.29, 0.717) is 4.77 Å². The van der Waals surface area contributed by atoms with Crippen molar-refractivity contribution in [2.75, 3.05) is 0 Å². The quantitative estimate of drug-likeness (QED) is 0.542. The Kier molecular flexibility index (Phi) is 2.27. The van der Waals surface area contributed by atoms with Crippen LogP contribution in [0.5, 0.6) is 0 Å². The molecule has 3 aromatic heterocycles. The molecule has 4 aromatic rings. The predicted molar refractivity (Wildman–Crippen MR) is 79.4 cm³/mol. The summed E-state index contributed by atoms with van der Waals surface area (Å²) in [6, 6.07) is 9.97. The zero-order valence-corrected chi connectivity index (χ0v) is 11.3. The first-order chi connectivity index (χ1) is 9.33. The van der Waals surface area contributed by atoms with Crippen LogP contribution in [0.3, 0.4) is 0 Å². The minimum atomic E-state index is 0.651. The normalized spacial score (nSPS) is 11.4. The summed E-state index contributed by atoms with van der Waals surface area (Å²) in [5.41, 5.74) is 5.65. The lowest BCUT2D eigenvalue weighted by atomic mass is 10.3. The zero-order valence-electron chi connectivity index (χ0n) is 9.70. The number of thiazole rings is 1. The van der Waals surface area contributed by atoms with Crippen molar-refractivity contribution in [2.45, 2.75) is 0 Å². The molecule has 0 amide bonds. The van der Waals surface area contributed by atoms with Gasteiger partial charge in [0.1, 0.15) is 0 Å². The molecule has 19 heavy (non-hydrogen) atoms. The van der Waals surface area contributed by atoms with Crippen molar-refractivity contribution in [3.63, 3.8) is 0 Å². The van der Waals surface area contributed by atoms with Crippen LogP contribution in [0.2, 0.25) is 0 Å². The van der Waals surface area contributed by atoms with E-state index in [1.54, 1.807) is 17.5 Å². The summed E-state index contributed by atoms with van der Waals surface area (Å²) in [5, 5.41) is 0. The Morgan fingerprint density at radius 1 is 1.21 bits per heavy atom. The lowest BCUT2D eigenvalue weighted by Gasteiger charge is -2.03. The van der Waals surface area contributed by atoms with Crippen LogP contribution < -0.4 is 0 Å². The van der Waals surface area contributed by atoms with Gasteiger partial charge >= 0.3 is 0 Å². The number of aromatic amines is 1. The molecule has 4 rings (SSSR count). The molecule has 3 heterocycles. The van der Waals surface area contributed by atoms with E-state index in [1.807, 2.05) is 34.3 Å². The standard InChI is InChI=1S/C13H8N4S2/c18-13-16-10-2-1-5-14-12(10)17(13)8-3-4-9-11(6-8)19-7-15-9/h1-7H,(H,16,18). The van der Waals surface area contributed by atoms with Gasteiger partial charge in [-0.15, -0.1) is 11.3 Å². The predicted octanol–water partition coefficient (Wildman–Crippen LogP) is 3.69. The lowest BCUT2D eigenvalue weighted by Crippen LogP contribution is -1.94. The van der Waals surface area contributed by atoms with E-state index in [9.17, 15) is 0 Å². The minimum absolute atomic E-state index is 0.651. The van der Waals surface area contributed by atoms with Gasteiger partial charge in [-0.25, -0.2) is 9.97 Å². The van der Waals surface area contributed by atoms with Gasteiger partial charge in [-0.3, -0.25) is 4.57 Å². The minimum Gasteiger partial charge on any atom is -0.329 e. The molecule has 92 valence electrons. The van der Waals surface area contributed by atoms with Gasteiger partial charge in [-0.05, 0) is 42.5 Å². The molecule has 0 fully saturated rings. The summed E-state index contributed by atoms with van der Waals surface area (Å²) in [6.45, 7) is 0. The molecule has 0 saturated heterocycles. The fourth-order valence-electron chi connectivity index (χ4n) is 2.16. The van der Waals surface area contributed by atoms with Crippen LogP contribution in [0.1, 0.15) is 0 Å². The third-order valence-electron chi connectivity index (χ3n) is 3.02. The zero-order chi connectivity index (χ0) is 12.8. The maximum atomic E-state index is 5.39. The van der Waals surface area contributed by atoms with Crippen LogP contribution in [0.15, 0.2) is 42.0 Å². The number of hydrogen-bond donors (Lipinski definition) is 1. The largest absolute Gasteiger partial charge is 0.329 e. The Balaban J connectivity index is 2.08. The third kappa shape index (κ3) is 1.61. The summed E-state index contributed by atoms with van der Waals surface area (Å²) >= 11 is 7.01. The molecule has 0 saturated carbocycles. The van der Waals surface area contributed by atoms with E-state index in [0.717, 1.165) is 27.1 Å². The molecule has 1 N–H and O–H groups in total. The lowest BCUT2D eigenvalue weighted by molar-refractivity contribution is 1.05. The van der Waals surface area contributed by atoms with Gasteiger partial charge < -0.3 is 4.98 Å². The van der Waals surface area contributed by atoms with Crippen molar-refractivity contribution < 1.29 is 0 Å².